The average Bonchev–Trinajstić information content (AvgIpc) is 2.65. The number of rotatable bonds is 7. The van der Waals surface area contributed by atoms with Crippen LogP contribution in [0.3, 0.4) is 0 Å². The molecule has 0 radical (unpaired) electrons. The quantitative estimate of drug-likeness (QED) is 0.368. The maximum atomic E-state index is 5.37. The standard InChI is InChI=1S/C18H31N5O.HI/c1-16(22(3)17-7-5-4-6-8-17)15-21-18(19-2)20-9-10-23-11-13-24-14-12-23;/h4-8,16H,9-15H2,1-3H3,(H2,19,20,21);1H. The second-order valence-electron chi connectivity index (χ2n) is 6.13. The molecule has 2 N–H and O–H groups in total. The number of aliphatic imine (C=N–C) groups is 1. The van der Waals surface area contributed by atoms with E-state index in [4.69, 9.17) is 4.74 Å². The van der Waals surface area contributed by atoms with Crippen molar-refractivity contribution in [1.82, 2.24) is 15.5 Å². The molecule has 1 aromatic rings. The number of hydrogen-bond donors (Lipinski definition) is 2. The maximum absolute atomic E-state index is 5.37. The molecule has 142 valence electrons. The lowest BCUT2D eigenvalue weighted by molar-refractivity contribution is 0.0389. The highest BCUT2D eigenvalue weighted by molar-refractivity contribution is 14.0. The van der Waals surface area contributed by atoms with Crippen molar-refractivity contribution in [3.8, 4) is 0 Å². The smallest absolute Gasteiger partial charge is 0.191 e. The third-order valence-corrected chi connectivity index (χ3v) is 4.44. The molecule has 1 atom stereocenters. The molecule has 1 aromatic carbocycles. The molecule has 1 aliphatic heterocycles. The summed E-state index contributed by atoms with van der Waals surface area (Å²) in [5.41, 5.74) is 1.22. The lowest BCUT2D eigenvalue weighted by Crippen LogP contribution is -2.47. The van der Waals surface area contributed by atoms with E-state index in [1.54, 1.807) is 0 Å². The number of ether oxygens (including phenoxy) is 1. The molecule has 7 heteroatoms. The molecule has 1 heterocycles. The fourth-order valence-electron chi connectivity index (χ4n) is 2.68. The number of benzene rings is 1. The van der Waals surface area contributed by atoms with Gasteiger partial charge in [0.1, 0.15) is 0 Å². The molecule has 0 aliphatic carbocycles. The van der Waals surface area contributed by atoms with Crippen LogP contribution in [0.4, 0.5) is 5.69 Å². The molecule has 1 unspecified atom stereocenters. The number of halogens is 1. The van der Waals surface area contributed by atoms with Crippen LogP contribution in [0.15, 0.2) is 35.3 Å². The normalized spacial score (nSPS) is 16.7. The van der Waals surface area contributed by atoms with Gasteiger partial charge in [-0.2, -0.15) is 0 Å². The molecule has 0 amide bonds. The Morgan fingerprint density at radius 2 is 1.92 bits per heavy atom. The van der Waals surface area contributed by atoms with Crippen LogP contribution >= 0.6 is 24.0 Å². The first-order chi connectivity index (χ1) is 11.7. The monoisotopic (exact) mass is 461 g/mol. The number of hydrogen-bond acceptors (Lipinski definition) is 4. The predicted molar refractivity (Wildman–Crippen MR) is 116 cm³/mol. The Hall–Kier alpha value is -1.06. The highest BCUT2D eigenvalue weighted by Gasteiger charge is 2.12. The van der Waals surface area contributed by atoms with Crippen LogP contribution in [0.1, 0.15) is 6.92 Å². The molecule has 25 heavy (non-hydrogen) atoms. The lowest BCUT2D eigenvalue weighted by atomic mass is 10.2. The Balaban J connectivity index is 0.00000312. The van der Waals surface area contributed by atoms with Gasteiger partial charge >= 0.3 is 0 Å². The number of guanidine groups is 1. The Labute approximate surface area is 169 Å². The first kappa shape index (κ1) is 22.0. The molecular weight excluding hydrogens is 429 g/mol. The van der Waals surface area contributed by atoms with Gasteiger partial charge in [-0.1, -0.05) is 18.2 Å². The first-order valence-corrected chi connectivity index (χ1v) is 8.73. The van der Waals surface area contributed by atoms with Crippen molar-refractivity contribution in [3.05, 3.63) is 30.3 Å². The van der Waals surface area contributed by atoms with Crippen LogP contribution in [0.2, 0.25) is 0 Å². The minimum atomic E-state index is 0. The second kappa shape index (κ2) is 12.3. The number of likely N-dealkylation sites (N-methyl/N-ethyl adjacent to an activating group) is 1. The van der Waals surface area contributed by atoms with Crippen LogP contribution in [0.25, 0.3) is 0 Å². The summed E-state index contributed by atoms with van der Waals surface area (Å²) in [5.74, 6) is 0.858. The maximum Gasteiger partial charge on any atom is 0.191 e. The summed E-state index contributed by atoms with van der Waals surface area (Å²) in [4.78, 5) is 8.99. The Kier molecular flexibility index (Phi) is 10.8. The number of nitrogens with one attached hydrogen (secondary N) is 2. The zero-order valence-electron chi connectivity index (χ0n) is 15.6. The van der Waals surface area contributed by atoms with E-state index in [9.17, 15) is 0 Å². The topological polar surface area (TPSA) is 52.1 Å². The van der Waals surface area contributed by atoms with Crippen molar-refractivity contribution >= 4 is 35.6 Å². The van der Waals surface area contributed by atoms with Gasteiger partial charge in [-0.15, -0.1) is 24.0 Å². The molecule has 0 saturated carbocycles. The van der Waals surface area contributed by atoms with Gasteiger partial charge < -0.3 is 20.3 Å². The summed E-state index contributed by atoms with van der Waals surface area (Å²) < 4.78 is 5.37. The van der Waals surface area contributed by atoms with E-state index in [1.165, 1.54) is 5.69 Å². The Morgan fingerprint density at radius 1 is 1.24 bits per heavy atom. The molecule has 1 saturated heterocycles. The van der Waals surface area contributed by atoms with Gasteiger partial charge in [0.2, 0.25) is 0 Å². The Morgan fingerprint density at radius 3 is 2.56 bits per heavy atom. The second-order valence-corrected chi connectivity index (χ2v) is 6.13. The van der Waals surface area contributed by atoms with Crippen LogP contribution in [-0.4, -0.2) is 76.9 Å². The van der Waals surface area contributed by atoms with Crippen molar-refractivity contribution in [2.45, 2.75) is 13.0 Å². The molecule has 1 fully saturated rings. The third kappa shape index (κ3) is 7.79. The molecule has 0 bridgehead atoms. The fraction of sp³-hybridized carbons (Fsp3) is 0.611. The SMILES string of the molecule is CN=C(NCCN1CCOCC1)NCC(C)N(C)c1ccccc1.I. The zero-order chi connectivity index (χ0) is 17.2. The van der Waals surface area contributed by atoms with Gasteiger partial charge in [0.15, 0.2) is 5.96 Å². The summed E-state index contributed by atoms with van der Waals surface area (Å²) in [5, 5.41) is 6.80. The first-order valence-electron chi connectivity index (χ1n) is 8.73. The van der Waals surface area contributed by atoms with Crippen LogP contribution in [0, 0.1) is 0 Å². The molecule has 2 rings (SSSR count). The summed E-state index contributed by atoms with van der Waals surface area (Å²) in [6.45, 7) is 8.68. The minimum absolute atomic E-state index is 0. The molecule has 6 nitrogen and oxygen atoms in total. The predicted octanol–water partition coefficient (Wildman–Crippen LogP) is 1.63. The summed E-state index contributed by atoms with van der Waals surface area (Å²) in [6, 6.07) is 10.8. The summed E-state index contributed by atoms with van der Waals surface area (Å²) in [7, 11) is 3.94. The van der Waals surface area contributed by atoms with E-state index in [0.29, 0.717) is 6.04 Å². The van der Waals surface area contributed by atoms with Crippen molar-refractivity contribution in [3.63, 3.8) is 0 Å². The molecule has 0 spiro atoms. The number of morpholine rings is 1. The van der Waals surface area contributed by atoms with Crippen LogP contribution in [-0.2, 0) is 4.74 Å². The van der Waals surface area contributed by atoms with Crippen molar-refractivity contribution in [2.24, 2.45) is 4.99 Å². The van der Waals surface area contributed by atoms with E-state index < -0.39 is 0 Å². The molecular formula is C18H32IN5O. The highest BCUT2D eigenvalue weighted by Crippen LogP contribution is 2.13. The van der Waals surface area contributed by atoms with Gasteiger partial charge in [0, 0.05) is 58.5 Å². The van der Waals surface area contributed by atoms with E-state index in [1.807, 2.05) is 13.1 Å². The largest absolute Gasteiger partial charge is 0.379 e. The van der Waals surface area contributed by atoms with Crippen LogP contribution < -0.4 is 15.5 Å². The van der Waals surface area contributed by atoms with E-state index >= 15 is 0 Å². The highest BCUT2D eigenvalue weighted by atomic mass is 127. The van der Waals surface area contributed by atoms with Gasteiger partial charge in [0.25, 0.3) is 0 Å². The minimum Gasteiger partial charge on any atom is -0.379 e. The average molecular weight is 461 g/mol. The van der Waals surface area contributed by atoms with Gasteiger partial charge in [-0.05, 0) is 19.1 Å². The summed E-state index contributed by atoms with van der Waals surface area (Å²) in [6.07, 6.45) is 0. The van der Waals surface area contributed by atoms with Gasteiger partial charge in [-0.3, -0.25) is 9.89 Å². The van der Waals surface area contributed by atoms with Crippen molar-refractivity contribution < 1.29 is 4.74 Å². The number of nitrogens with zero attached hydrogens (tertiary/aromatic N) is 3. The number of para-hydroxylation sites is 1. The third-order valence-electron chi connectivity index (χ3n) is 4.44. The van der Waals surface area contributed by atoms with Crippen molar-refractivity contribution in [2.75, 3.05) is 64.9 Å². The molecule has 0 aromatic heterocycles. The van der Waals surface area contributed by atoms with E-state index in [2.05, 4.69) is 63.7 Å². The lowest BCUT2D eigenvalue weighted by Gasteiger charge is -2.28. The molecule has 1 aliphatic rings. The Bertz CT molecular complexity index is 493. The zero-order valence-corrected chi connectivity index (χ0v) is 17.9. The van der Waals surface area contributed by atoms with Gasteiger partial charge in [-0.25, -0.2) is 0 Å². The summed E-state index contributed by atoms with van der Waals surface area (Å²) >= 11 is 0. The van der Waals surface area contributed by atoms with Gasteiger partial charge in [0.05, 0.1) is 13.2 Å². The van der Waals surface area contributed by atoms with Crippen molar-refractivity contribution in [1.29, 1.82) is 0 Å². The van der Waals surface area contributed by atoms with E-state index in [-0.39, 0.29) is 24.0 Å². The number of anilines is 1. The van der Waals surface area contributed by atoms with E-state index in [0.717, 1.165) is 51.9 Å². The fourth-order valence-corrected chi connectivity index (χ4v) is 2.68. The van der Waals surface area contributed by atoms with Crippen LogP contribution in [0.5, 0.6) is 0 Å².